The molecule has 2 aromatic rings. The molecule has 0 amide bonds. The number of aromatic nitrogens is 1. The average molecular weight is 240 g/mol. The summed E-state index contributed by atoms with van der Waals surface area (Å²) in [6.45, 7) is 0.00214. The Labute approximate surface area is 96.0 Å². The van der Waals surface area contributed by atoms with Gasteiger partial charge in [0.25, 0.3) is 0 Å². The Bertz CT molecular complexity index is 540. The summed E-state index contributed by atoms with van der Waals surface area (Å²) in [5.41, 5.74) is 5.83. The zero-order chi connectivity index (χ0) is 12.4. The largest absolute Gasteiger partial charge is 0.380 e. The van der Waals surface area contributed by atoms with Crippen LogP contribution >= 0.6 is 0 Å². The second-order valence-corrected chi connectivity index (χ2v) is 3.46. The van der Waals surface area contributed by atoms with Crippen molar-refractivity contribution < 1.29 is 18.0 Å². The van der Waals surface area contributed by atoms with E-state index in [1.165, 1.54) is 13.3 Å². The number of methoxy groups -OCH3 is 1. The standard InChI is InChI=1S/C11H10F2N2O2/c1-16-5-6-2-10(13)7(3-9(6)12)8-4-15-17-11(8)14/h2-4H,5,14H2,1H3. The molecule has 17 heavy (non-hydrogen) atoms. The molecule has 0 unspecified atom stereocenters. The van der Waals surface area contributed by atoms with E-state index in [1.54, 1.807) is 0 Å². The lowest BCUT2D eigenvalue weighted by Crippen LogP contribution is -1.97. The normalized spacial score (nSPS) is 10.8. The lowest BCUT2D eigenvalue weighted by molar-refractivity contribution is 0.181. The molecular formula is C11H10F2N2O2. The highest BCUT2D eigenvalue weighted by Crippen LogP contribution is 2.29. The number of benzene rings is 1. The number of rotatable bonds is 3. The Kier molecular flexibility index (Phi) is 3.06. The highest BCUT2D eigenvalue weighted by atomic mass is 19.1. The molecule has 2 rings (SSSR count). The number of nitrogens with two attached hydrogens (primary N) is 1. The van der Waals surface area contributed by atoms with E-state index in [1.807, 2.05) is 0 Å². The van der Waals surface area contributed by atoms with Gasteiger partial charge in [-0.1, -0.05) is 5.16 Å². The summed E-state index contributed by atoms with van der Waals surface area (Å²) in [7, 11) is 1.41. The summed E-state index contributed by atoms with van der Waals surface area (Å²) in [6.07, 6.45) is 1.24. The Hall–Kier alpha value is -1.95. The summed E-state index contributed by atoms with van der Waals surface area (Å²) < 4.78 is 36.7. The topological polar surface area (TPSA) is 61.3 Å². The maximum atomic E-state index is 13.7. The molecule has 6 heteroatoms. The van der Waals surface area contributed by atoms with Crippen LogP contribution in [-0.4, -0.2) is 12.3 Å². The molecule has 0 aliphatic carbocycles. The third kappa shape index (κ3) is 2.12. The van der Waals surface area contributed by atoms with Gasteiger partial charge in [0.1, 0.15) is 11.6 Å². The van der Waals surface area contributed by atoms with Crippen molar-refractivity contribution in [2.45, 2.75) is 6.61 Å². The van der Waals surface area contributed by atoms with Gasteiger partial charge in [-0.3, -0.25) is 0 Å². The quantitative estimate of drug-likeness (QED) is 0.894. The molecule has 1 heterocycles. The summed E-state index contributed by atoms with van der Waals surface area (Å²) in [5.74, 6) is -1.22. The van der Waals surface area contributed by atoms with Crippen LogP contribution < -0.4 is 5.73 Å². The van der Waals surface area contributed by atoms with Crippen LogP contribution in [0.2, 0.25) is 0 Å². The predicted octanol–water partition coefficient (Wildman–Crippen LogP) is 2.35. The SMILES string of the molecule is COCc1cc(F)c(-c2cnoc2N)cc1F. The van der Waals surface area contributed by atoms with Gasteiger partial charge in [0.05, 0.1) is 18.4 Å². The Morgan fingerprint density at radius 1 is 1.29 bits per heavy atom. The number of hydrogen-bond acceptors (Lipinski definition) is 4. The van der Waals surface area contributed by atoms with E-state index < -0.39 is 11.6 Å². The minimum atomic E-state index is -0.603. The van der Waals surface area contributed by atoms with Crippen molar-refractivity contribution in [1.29, 1.82) is 0 Å². The van der Waals surface area contributed by atoms with Gasteiger partial charge in [0, 0.05) is 18.2 Å². The number of anilines is 1. The molecule has 0 spiro atoms. The first kappa shape index (κ1) is 11.5. The second kappa shape index (κ2) is 4.50. The molecule has 0 aliphatic heterocycles. The van der Waals surface area contributed by atoms with Gasteiger partial charge in [-0.25, -0.2) is 8.78 Å². The monoisotopic (exact) mass is 240 g/mol. The summed E-state index contributed by atoms with van der Waals surface area (Å²) in [6, 6.07) is 2.12. The van der Waals surface area contributed by atoms with Gasteiger partial charge in [0.2, 0.25) is 5.88 Å². The molecular weight excluding hydrogens is 230 g/mol. The van der Waals surface area contributed by atoms with Gasteiger partial charge in [0.15, 0.2) is 0 Å². The highest BCUT2D eigenvalue weighted by Gasteiger charge is 2.15. The Balaban J connectivity index is 2.50. The summed E-state index contributed by atoms with van der Waals surface area (Å²) in [4.78, 5) is 0. The molecule has 0 atom stereocenters. The van der Waals surface area contributed by atoms with Crippen LogP contribution in [0.25, 0.3) is 11.1 Å². The number of hydrogen-bond donors (Lipinski definition) is 1. The Morgan fingerprint density at radius 3 is 2.65 bits per heavy atom. The van der Waals surface area contributed by atoms with Crippen molar-refractivity contribution in [3.05, 3.63) is 35.5 Å². The van der Waals surface area contributed by atoms with Crippen molar-refractivity contribution >= 4 is 5.88 Å². The molecule has 0 fully saturated rings. The third-order valence-electron chi connectivity index (χ3n) is 2.32. The van der Waals surface area contributed by atoms with Gasteiger partial charge < -0.3 is 15.0 Å². The lowest BCUT2D eigenvalue weighted by Gasteiger charge is -2.06. The minimum Gasteiger partial charge on any atom is -0.380 e. The van der Waals surface area contributed by atoms with Crippen LogP contribution in [0.15, 0.2) is 22.9 Å². The molecule has 0 saturated heterocycles. The molecule has 4 nitrogen and oxygen atoms in total. The van der Waals surface area contributed by atoms with E-state index in [0.29, 0.717) is 0 Å². The van der Waals surface area contributed by atoms with E-state index in [9.17, 15) is 8.78 Å². The van der Waals surface area contributed by atoms with Crippen LogP contribution in [0, 0.1) is 11.6 Å². The third-order valence-corrected chi connectivity index (χ3v) is 2.32. The predicted molar refractivity (Wildman–Crippen MR) is 57.0 cm³/mol. The fourth-order valence-electron chi connectivity index (χ4n) is 1.51. The van der Waals surface area contributed by atoms with Crippen LogP contribution in [0.1, 0.15) is 5.56 Å². The van der Waals surface area contributed by atoms with E-state index in [0.717, 1.165) is 12.1 Å². The average Bonchev–Trinajstić information content (AvgIpc) is 2.70. The first-order valence-electron chi connectivity index (χ1n) is 4.81. The van der Waals surface area contributed by atoms with E-state index in [-0.39, 0.29) is 29.2 Å². The van der Waals surface area contributed by atoms with Crippen molar-refractivity contribution in [1.82, 2.24) is 5.16 Å². The van der Waals surface area contributed by atoms with Crippen LogP contribution in [0.4, 0.5) is 14.7 Å². The molecule has 1 aromatic carbocycles. The summed E-state index contributed by atoms with van der Waals surface area (Å²) >= 11 is 0. The van der Waals surface area contributed by atoms with Crippen LogP contribution in [0.5, 0.6) is 0 Å². The molecule has 2 N–H and O–H groups in total. The number of ether oxygens (including phenoxy) is 1. The molecule has 1 aromatic heterocycles. The number of nitrogen functional groups attached to an aromatic ring is 1. The van der Waals surface area contributed by atoms with Gasteiger partial charge >= 0.3 is 0 Å². The van der Waals surface area contributed by atoms with E-state index in [2.05, 4.69) is 9.68 Å². The smallest absolute Gasteiger partial charge is 0.230 e. The van der Waals surface area contributed by atoms with Gasteiger partial charge in [-0.05, 0) is 12.1 Å². The van der Waals surface area contributed by atoms with Gasteiger partial charge in [-0.15, -0.1) is 0 Å². The van der Waals surface area contributed by atoms with E-state index >= 15 is 0 Å². The summed E-state index contributed by atoms with van der Waals surface area (Å²) in [5, 5.41) is 3.41. The van der Waals surface area contributed by atoms with Crippen LogP contribution in [-0.2, 0) is 11.3 Å². The Morgan fingerprint density at radius 2 is 2.06 bits per heavy atom. The lowest BCUT2D eigenvalue weighted by atomic mass is 10.1. The fourth-order valence-corrected chi connectivity index (χ4v) is 1.51. The van der Waals surface area contributed by atoms with Crippen molar-refractivity contribution in [3.63, 3.8) is 0 Å². The maximum absolute atomic E-state index is 13.7. The molecule has 0 bridgehead atoms. The van der Waals surface area contributed by atoms with Crippen LogP contribution in [0.3, 0.4) is 0 Å². The van der Waals surface area contributed by atoms with E-state index in [4.69, 9.17) is 10.5 Å². The maximum Gasteiger partial charge on any atom is 0.230 e. The first-order valence-corrected chi connectivity index (χ1v) is 4.81. The van der Waals surface area contributed by atoms with Crippen molar-refractivity contribution in [2.24, 2.45) is 0 Å². The number of nitrogens with zero attached hydrogens (tertiary/aromatic N) is 1. The molecule has 0 saturated carbocycles. The zero-order valence-electron chi connectivity index (χ0n) is 9.04. The minimum absolute atomic E-state index is 0.00214. The highest BCUT2D eigenvalue weighted by molar-refractivity contribution is 5.72. The molecule has 90 valence electrons. The fraction of sp³-hybridized carbons (Fsp3) is 0.182. The van der Waals surface area contributed by atoms with Gasteiger partial charge in [-0.2, -0.15) is 0 Å². The number of halogens is 2. The molecule has 0 radical (unpaired) electrons. The first-order chi connectivity index (χ1) is 8.13. The second-order valence-electron chi connectivity index (χ2n) is 3.46. The van der Waals surface area contributed by atoms with Crippen molar-refractivity contribution in [2.75, 3.05) is 12.8 Å². The van der Waals surface area contributed by atoms with Crippen molar-refractivity contribution in [3.8, 4) is 11.1 Å². The molecule has 0 aliphatic rings. The zero-order valence-corrected chi connectivity index (χ0v) is 9.04.